The summed E-state index contributed by atoms with van der Waals surface area (Å²) in [5, 5.41) is 34.5. The molecule has 9 nitrogen and oxygen atoms in total. The molecule has 1 atom stereocenters. The maximum atomic E-state index is 10.9. The van der Waals surface area contributed by atoms with Crippen molar-refractivity contribution >= 4 is 11.5 Å². The first-order chi connectivity index (χ1) is 16.0. The van der Waals surface area contributed by atoms with Crippen molar-refractivity contribution in [3.63, 3.8) is 0 Å². The van der Waals surface area contributed by atoms with Gasteiger partial charge in [-0.05, 0) is 66.8 Å². The Kier molecular flexibility index (Phi) is 6.38. The van der Waals surface area contributed by atoms with Crippen LogP contribution in [0, 0.1) is 21.4 Å². The highest BCUT2D eigenvalue weighted by Gasteiger charge is 2.24. The van der Waals surface area contributed by atoms with Crippen molar-refractivity contribution in [3.8, 4) is 28.8 Å². The van der Waals surface area contributed by atoms with Crippen molar-refractivity contribution < 1.29 is 14.8 Å². The van der Waals surface area contributed by atoms with E-state index in [1.54, 1.807) is 30.3 Å². The summed E-state index contributed by atoms with van der Waals surface area (Å²) in [5.74, 6) is 0.589. The smallest absolute Gasteiger partial charge is 0.269 e. The minimum atomic E-state index is -0.460. The van der Waals surface area contributed by atoms with Crippen LogP contribution in [0.15, 0.2) is 48.5 Å². The predicted octanol–water partition coefficient (Wildman–Crippen LogP) is 3.86. The van der Waals surface area contributed by atoms with Crippen LogP contribution < -0.4 is 15.8 Å². The summed E-state index contributed by atoms with van der Waals surface area (Å²) in [5.41, 5.74) is 8.84. The Morgan fingerprint density at radius 3 is 2.76 bits per heavy atom. The molecule has 0 spiro atoms. The van der Waals surface area contributed by atoms with Gasteiger partial charge >= 0.3 is 0 Å². The molecule has 1 aromatic heterocycles. The van der Waals surface area contributed by atoms with Gasteiger partial charge in [0.05, 0.1) is 21.7 Å². The number of nitrogens with zero attached hydrogens (tertiary/aromatic N) is 3. The fourth-order valence-corrected chi connectivity index (χ4v) is 4.05. The molecule has 1 aliphatic rings. The Hall–Kier alpha value is -4.16. The number of rotatable bonds is 6. The number of benzene rings is 2. The summed E-state index contributed by atoms with van der Waals surface area (Å²) >= 11 is 0. The van der Waals surface area contributed by atoms with E-state index in [9.17, 15) is 20.5 Å². The summed E-state index contributed by atoms with van der Waals surface area (Å²) in [7, 11) is 0. The van der Waals surface area contributed by atoms with Crippen LogP contribution >= 0.6 is 0 Å². The standard InChI is InChI=1S/C24H23N5O4/c25-12-19-18(16-3-2-10-27-13-16)11-20(28-24(19)26)23-21(30)4-1-5-22(23)33-14-15-6-8-17(9-7-15)29(31)32/h1,4-9,11,16,27,30H,2-3,10,13-14H2,(H2,26,28). The molecule has 168 valence electrons. The molecule has 0 bridgehead atoms. The van der Waals surface area contributed by atoms with Gasteiger partial charge < -0.3 is 20.9 Å². The Balaban J connectivity index is 1.68. The number of piperidine rings is 1. The van der Waals surface area contributed by atoms with Crippen molar-refractivity contribution in [1.82, 2.24) is 10.3 Å². The Morgan fingerprint density at radius 2 is 2.09 bits per heavy atom. The van der Waals surface area contributed by atoms with E-state index in [1.807, 2.05) is 0 Å². The fourth-order valence-electron chi connectivity index (χ4n) is 4.05. The highest BCUT2D eigenvalue weighted by Crippen LogP contribution is 2.40. The van der Waals surface area contributed by atoms with E-state index < -0.39 is 4.92 Å². The quantitative estimate of drug-likeness (QED) is 0.383. The number of hydrogen-bond acceptors (Lipinski definition) is 8. The second kappa shape index (κ2) is 9.54. The van der Waals surface area contributed by atoms with Gasteiger partial charge in [-0.2, -0.15) is 5.26 Å². The van der Waals surface area contributed by atoms with Gasteiger partial charge in [0.15, 0.2) is 0 Å². The summed E-state index contributed by atoms with van der Waals surface area (Å²) in [6.45, 7) is 1.81. The average Bonchev–Trinajstić information content (AvgIpc) is 2.83. The number of aromatic hydroxyl groups is 1. The summed E-state index contributed by atoms with van der Waals surface area (Å²) in [4.78, 5) is 14.8. The van der Waals surface area contributed by atoms with Gasteiger partial charge in [-0.15, -0.1) is 0 Å². The van der Waals surface area contributed by atoms with Crippen molar-refractivity contribution in [2.24, 2.45) is 0 Å². The van der Waals surface area contributed by atoms with E-state index >= 15 is 0 Å². The van der Waals surface area contributed by atoms with Crippen LogP contribution in [0.2, 0.25) is 0 Å². The third-order valence-electron chi connectivity index (χ3n) is 5.73. The Morgan fingerprint density at radius 1 is 1.30 bits per heavy atom. The molecule has 1 fully saturated rings. The monoisotopic (exact) mass is 445 g/mol. The number of phenols is 1. The van der Waals surface area contributed by atoms with E-state index in [4.69, 9.17) is 10.5 Å². The first-order valence-electron chi connectivity index (χ1n) is 10.6. The van der Waals surface area contributed by atoms with E-state index in [0.29, 0.717) is 22.6 Å². The molecule has 1 aliphatic heterocycles. The molecule has 0 amide bonds. The highest BCUT2D eigenvalue weighted by molar-refractivity contribution is 5.76. The first-order valence-corrected chi connectivity index (χ1v) is 10.6. The maximum absolute atomic E-state index is 10.9. The molecule has 0 aliphatic carbocycles. The van der Waals surface area contributed by atoms with Gasteiger partial charge in [0.1, 0.15) is 30.0 Å². The summed E-state index contributed by atoms with van der Waals surface area (Å²) in [6.07, 6.45) is 1.92. The number of nitrogen functional groups attached to an aromatic ring is 1. The predicted molar refractivity (Wildman–Crippen MR) is 123 cm³/mol. The molecule has 2 aromatic carbocycles. The SMILES string of the molecule is N#Cc1c(C2CCCNC2)cc(-c2c(O)cccc2OCc2ccc([N+](=O)[O-])cc2)nc1N. The number of nitro benzene ring substituents is 1. The average molecular weight is 445 g/mol. The number of nitriles is 1. The number of hydrogen-bond donors (Lipinski definition) is 3. The molecule has 1 saturated heterocycles. The second-order valence-electron chi connectivity index (χ2n) is 7.87. The van der Waals surface area contributed by atoms with Crippen LogP contribution in [0.3, 0.4) is 0 Å². The van der Waals surface area contributed by atoms with Gasteiger partial charge in [-0.25, -0.2) is 4.98 Å². The minimum absolute atomic E-state index is 0.00113. The lowest BCUT2D eigenvalue weighted by molar-refractivity contribution is -0.384. The Labute approximate surface area is 190 Å². The minimum Gasteiger partial charge on any atom is -0.507 e. The zero-order chi connectivity index (χ0) is 23.4. The van der Waals surface area contributed by atoms with Crippen molar-refractivity contribution in [3.05, 3.63) is 75.3 Å². The van der Waals surface area contributed by atoms with Gasteiger partial charge in [-0.3, -0.25) is 10.1 Å². The number of ether oxygens (including phenoxy) is 1. The van der Waals surface area contributed by atoms with Crippen LogP contribution in [0.25, 0.3) is 11.3 Å². The number of phenolic OH excluding ortho intramolecular Hbond substituents is 1. The molecular formula is C24H23N5O4. The van der Waals surface area contributed by atoms with Crippen LogP contribution in [0.1, 0.15) is 35.4 Å². The number of nitro groups is 1. The van der Waals surface area contributed by atoms with Crippen molar-refractivity contribution in [2.45, 2.75) is 25.4 Å². The summed E-state index contributed by atoms with van der Waals surface area (Å²) < 4.78 is 5.95. The number of nitrogens with two attached hydrogens (primary N) is 1. The normalized spacial score (nSPS) is 15.5. The molecule has 0 radical (unpaired) electrons. The molecule has 1 unspecified atom stereocenters. The lowest BCUT2D eigenvalue weighted by Crippen LogP contribution is -2.29. The first kappa shape index (κ1) is 22.0. The number of aromatic nitrogens is 1. The van der Waals surface area contributed by atoms with Crippen LogP contribution in [0.5, 0.6) is 11.5 Å². The van der Waals surface area contributed by atoms with Gasteiger partial charge in [-0.1, -0.05) is 6.07 Å². The third-order valence-corrected chi connectivity index (χ3v) is 5.73. The van der Waals surface area contributed by atoms with E-state index in [1.165, 1.54) is 18.2 Å². The van der Waals surface area contributed by atoms with Crippen LogP contribution in [0.4, 0.5) is 11.5 Å². The largest absolute Gasteiger partial charge is 0.507 e. The third kappa shape index (κ3) is 4.71. The van der Waals surface area contributed by atoms with E-state index in [-0.39, 0.29) is 29.8 Å². The molecule has 4 rings (SSSR count). The van der Waals surface area contributed by atoms with Gasteiger partial charge in [0.2, 0.25) is 0 Å². The molecular weight excluding hydrogens is 422 g/mol. The number of anilines is 1. The van der Waals surface area contributed by atoms with E-state index in [0.717, 1.165) is 37.1 Å². The lowest BCUT2D eigenvalue weighted by Gasteiger charge is -2.25. The Bertz CT molecular complexity index is 1210. The molecule has 0 saturated carbocycles. The summed E-state index contributed by atoms with van der Waals surface area (Å²) in [6, 6.07) is 14.9. The second-order valence-corrected chi connectivity index (χ2v) is 7.87. The number of nitrogens with one attached hydrogen (secondary N) is 1. The lowest BCUT2D eigenvalue weighted by atomic mass is 9.88. The maximum Gasteiger partial charge on any atom is 0.269 e. The van der Waals surface area contributed by atoms with Crippen LogP contribution in [-0.4, -0.2) is 28.1 Å². The zero-order valence-corrected chi connectivity index (χ0v) is 17.8. The molecule has 2 heterocycles. The molecule has 9 heteroatoms. The topological polar surface area (TPSA) is 147 Å². The molecule has 33 heavy (non-hydrogen) atoms. The van der Waals surface area contributed by atoms with Crippen LogP contribution in [-0.2, 0) is 6.61 Å². The molecule has 4 N–H and O–H groups in total. The fraction of sp³-hybridized carbons (Fsp3) is 0.250. The zero-order valence-electron chi connectivity index (χ0n) is 17.8. The van der Waals surface area contributed by atoms with Gasteiger partial charge in [0.25, 0.3) is 5.69 Å². The van der Waals surface area contributed by atoms with Crippen molar-refractivity contribution in [2.75, 3.05) is 18.8 Å². The molecule has 3 aromatic rings. The van der Waals surface area contributed by atoms with Gasteiger partial charge in [0, 0.05) is 18.7 Å². The van der Waals surface area contributed by atoms with E-state index in [2.05, 4.69) is 16.4 Å². The highest BCUT2D eigenvalue weighted by atomic mass is 16.6. The number of pyridine rings is 1. The number of non-ortho nitro benzene ring substituents is 1. The van der Waals surface area contributed by atoms with Crippen molar-refractivity contribution in [1.29, 1.82) is 5.26 Å².